The first kappa shape index (κ1) is 15.3. The zero-order chi connectivity index (χ0) is 14.9. The molecule has 0 fully saturated rings. The van der Waals surface area contributed by atoms with Crippen LogP contribution in [-0.4, -0.2) is 22.6 Å². The number of H-pyrrole nitrogens is 1. The molecule has 2 rings (SSSR count). The molecule has 0 saturated heterocycles. The van der Waals surface area contributed by atoms with E-state index in [2.05, 4.69) is 15.5 Å². The van der Waals surface area contributed by atoms with E-state index in [9.17, 15) is 4.79 Å². The van der Waals surface area contributed by atoms with Crippen molar-refractivity contribution in [3.8, 4) is 11.3 Å². The van der Waals surface area contributed by atoms with E-state index >= 15 is 0 Å². The molecule has 0 aliphatic rings. The molecule has 5 nitrogen and oxygen atoms in total. The highest BCUT2D eigenvalue weighted by molar-refractivity contribution is 5.91. The van der Waals surface area contributed by atoms with Crippen LogP contribution in [0.3, 0.4) is 0 Å². The second-order valence-electron chi connectivity index (χ2n) is 5.05. The van der Waals surface area contributed by atoms with Crippen molar-refractivity contribution in [2.45, 2.75) is 32.1 Å². The summed E-state index contributed by atoms with van der Waals surface area (Å²) in [6.45, 7) is 0.729. The predicted octanol–water partition coefficient (Wildman–Crippen LogP) is 2.92. The molecule has 0 unspecified atom stereocenters. The van der Waals surface area contributed by atoms with Crippen molar-refractivity contribution in [3.63, 3.8) is 0 Å². The second kappa shape index (κ2) is 8.21. The number of hydrogen-bond acceptors (Lipinski definition) is 3. The Kier molecular flexibility index (Phi) is 5.97. The van der Waals surface area contributed by atoms with E-state index in [1.54, 1.807) is 6.20 Å². The van der Waals surface area contributed by atoms with Crippen molar-refractivity contribution >= 4 is 11.6 Å². The summed E-state index contributed by atoms with van der Waals surface area (Å²) in [5.74, 6) is 0.0597. The van der Waals surface area contributed by atoms with E-state index in [1.165, 1.54) is 0 Å². The summed E-state index contributed by atoms with van der Waals surface area (Å²) in [5, 5.41) is 9.79. The smallest absolute Gasteiger partial charge is 0.224 e. The third-order valence-corrected chi connectivity index (χ3v) is 3.32. The van der Waals surface area contributed by atoms with Gasteiger partial charge in [-0.3, -0.25) is 9.89 Å². The molecule has 4 N–H and O–H groups in total. The van der Waals surface area contributed by atoms with Gasteiger partial charge in [-0.1, -0.05) is 25.0 Å². The number of aromatic amines is 1. The number of carbonyl (C=O) groups is 1. The Labute approximate surface area is 124 Å². The number of amides is 1. The first-order valence-electron chi connectivity index (χ1n) is 7.39. The number of nitrogens with two attached hydrogens (primary N) is 1. The second-order valence-corrected chi connectivity index (χ2v) is 5.05. The Hall–Kier alpha value is -2.14. The molecule has 1 aromatic heterocycles. The molecule has 21 heavy (non-hydrogen) atoms. The van der Waals surface area contributed by atoms with Crippen LogP contribution in [0.5, 0.6) is 0 Å². The van der Waals surface area contributed by atoms with Crippen LogP contribution in [-0.2, 0) is 4.79 Å². The van der Waals surface area contributed by atoms with Gasteiger partial charge < -0.3 is 11.1 Å². The molecule has 2 aromatic rings. The molecule has 1 aromatic carbocycles. The summed E-state index contributed by atoms with van der Waals surface area (Å²) in [7, 11) is 0. The van der Waals surface area contributed by atoms with E-state index in [1.807, 2.05) is 30.3 Å². The Morgan fingerprint density at radius 1 is 1.19 bits per heavy atom. The SMILES string of the molecule is NCCCCCCC(=O)Nc1cccc(-c2ccn[nH]2)c1. The van der Waals surface area contributed by atoms with E-state index in [0.29, 0.717) is 6.42 Å². The van der Waals surface area contributed by atoms with Gasteiger partial charge in [0.25, 0.3) is 0 Å². The highest BCUT2D eigenvalue weighted by Crippen LogP contribution is 2.20. The number of carbonyl (C=O) groups excluding carboxylic acids is 1. The summed E-state index contributed by atoms with van der Waals surface area (Å²) in [5.41, 5.74) is 8.20. The number of nitrogens with zero attached hydrogens (tertiary/aromatic N) is 1. The maximum Gasteiger partial charge on any atom is 0.224 e. The minimum Gasteiger partial charge on any atom is -0.330 e. The largest absolute Gasteiger partial charge is 0.330 e. The van der Waals surface area contributed by atoms with Crippen LogP contribution in [0.4, 0.5) is 5.69 Å². The minimum absolute atomic E-state index is 0.0597. The molecule has 0 bridgehead atoms. The number of anilines is 1. The fourth-order valence-electron chi connectivity index (χ4n) is 2.19. The summed E-state index contributed by atoms with van der Waals surface area (Å²) in [6.07, 6.45) is 6.36. The van der Waals surface area contributed by atoms with Gasteiger partial charge >= 0.3 is 0 Å². The molecule has 1 amide bonds. The Bertz CT molecular complexity index is 551. The Morgan fingerprint density at radius 3 is 2.81 bits per heavy atom. The van der Waals surface area contributed by atoms with Gasteiger partial charge in [0.05, 0.1) is 5.69 Å². The molecule has 0 radical (unpaired) electrons. The number of aromatic nitrogens is 2. The van der Waals surface area contributed by atoms with Crippen molar-refractivity contribution < 1.29 is 4.79 Å². The lowest BCUT2D eigenvalue weighted by Crippen LogP contribution is -2.11. The third-order valence-electron chi connectivity index (χ3n) is 3.32. The van der Waals surface area contributed by atoms with Crippen LogP contribution < -0.4 is 11.1 Å². The first-order chi connectivity index (χ1) is 10.3. The van der Waals surface area contributed by atoms with Gasteiger partial charge in [-0.05, 0) is 37.6 Å². The van der Waals surface area contributed by atoms with Crippen molar-refractivity contribution in [1.29, 1.82) is 0 Å². The molecule has 0 aliphatic heterocycles. The summed E-state index contributed by atoms with van der Waals surface area (Å²) in [4.78, 5) is 11.9. The number of unbranched alkanes of at least 4 members (excludes halogenated alkanes) is 3. The van der Waals surface area contributed by atoms with Crippen LogP contribution in [0.2, 0.25) is 0 Å². The Morgan fingerprint density at radius 2 is 2.05 bits per heavy atom. The van der Waals surface area contributed by atoms with Crippen LogP contribution >= 0.6 is 0 Å². The van der Waals surface area contributed by atoms with E-state index in [-0.39, 0.29) is 5.91 Å². The summed E-state index contributed by atoms with van der Waals surface area (Å²) < 4.78 is 0. The molecule has 0 saturated carbocycles. The standard InChI is InChI=1S/C16H22N4O/c17-10-4-2-1-3-8-16(21)19-14-7-5-6-13(12-14)15-9-11-18-20-15/h5-7,9,11-12H,1-4,8,10,17H2,(H,18,20)(H,19,21). The maximum atomic E-state index is 11.9. The number of benzene rings is 1. The van der Waals surface area contributed by atoms with Gasteiger partial charge in [-0.25, -0.2) is 0 Å². The molecule has 0 atom stereocenters. The molecule has 0 aliphatic carbocycles. The summed E-state index contributed by atoms with van der Waals surface area (Å²) in [6, 6.07) is 9.65. The van der Waals surface area contributed by atoms with Crippen LogP contribution in [0.25, 0.3) is 11.3 Å². The van der Waals surface area contributed by atoms with Gasteiger partial charge in [0.2, 0.25) is 5.91 Å². The zero-order valence-corrected chi connectivity index (χ0v) is 12.1. The van der Waals surface area contributed by atoms with Crippen LogP contribution in [0.15, 0.2) is 36.5 Å². The van der Waals surface area contributed by atoms with Crippen LogP contribution in [0.1, 0.15) is 32.1 Å². The topological polar surface area (TPSA) is 83.8 Å². The number of rotatable bonds is 8. The molecular weight excluding hydrogens is 264 g/mol. The van der Waals surface area contributed by atoms with Crippen molar-refractivity contribution in [2.75, 3.05) is 11.9 Å². The van der Waals surface area contributed by atoms with E-state index < -0.39 is 0 Å². The average Bonchev–Trinajstić information content (AvgIpc) is 3.01. The highest BCUT2D eigenvalue weighted by atomic mass is 16.1. The van der Waals surface area contributed by atoms with Gasteiger partial charge in [0, 0.05) is 23.9 Å². The molecule has 112 valence electrons. The quantitative estimate of drug-likeness (QED) is 0.652. The highest BCUT2D eigenvalue weighted by Gasteiger charge is 2.04. The van der Waals surface area contributed by atoms with Gasteiger partial charge in [-0.2, -0.15) is 5.10 Å². The first-order valence-corrected chi connectivity index (χ1v) is 7.39. The lowest BCUT2D eigenvalue weighted by molar-refractivity contribution is -0.116. The molecule has 5 heteroatoms. The predicted molar refractivity (Wildman–Crippen MR) is 84.8 cm³/mol. The monoisotopic (exact) mass is 286 g/mol. The minimum atomic E-state index is 0.0597. The number of nitrogens with one attached hydrogen (secondary N) is 2. The van der Waals surface area contributed by atoms with Gasteiger partial charge in [0.15, 0.2) is 0 Å². The van der Waals surface area contributed by atoms with Gasteiger partial charge in [0.1, 0.15) is 0 Å². The lowest BCUT2D eigenvalue weighted by Gasteiger charge is -2.07. The lowest BCUT2D eigenvalue weighted by atomic mass is 10.1. The van der Waals surface area contributed by atoms with Crippen molar-refractivity contribution in [2.24, 2.45) is 5.73 Å². The Balaban J connectivity index is 1.82. The number of hydrogen-bond donors (Lipinski definition) is 3. The third kappa shape index (κ3) is 5.04. The normalized spacial score (nSPS) is 10.5. The van der Waals surface area contributed by atoms with Crippen molar-refractivity contribution in [3.05, 3.63) is 36.5 Å². The molecule has 0 spiro atoms. The van der Waals surface area contributed by atoms with E-state index in [4.69, 9.17) is 5.73 Å². The fourth-order valence-corrected chi connectivity index (χ4v) is 2.19. The molecular formula is C16H22N4O. The zero-order valence-electron chi connectivity index (χ0n) is 12.1. The molecule has 1 heterocycles. The maximum absolute atomic E-state index is 11.9. The van der Waals surface area contributed by atoms with Crippen LogP contribution in [0, 0.1) is 0 Å². The van der Waals surface area contributed by atoms with Crippen molar-refractivity contribution in [1.82, 2.24) is 10.2 Å². The fraction of sp³-hybridized carbons (Fsp3) is 0.375. The average molecular weight is 286 g/mol. The van der Waals surface area contributed by atoms with E-state index in [0.717, 1.165) is 49.2 Å². The van der Waals surface area contributed by atoms with Gasteiger partial charge in [-0.15, -0.1) is 0 Å². The summed E-state index contributed by atoms with van der Waals surface area (Å²) >= 11 is 0.